The molecule has 0 aliphatic rings. The van der Waals surface area contributed by atoms with E-state index in [0.29, 0.717) is 0 Å². The maximum atomic E-state index is 5.92. The Morgan fingerprint density at radius 2 is 1.59 bits per heavy atom. The highest BCUT2D eigenvalue weighted by atomic mass is 16.5. The molecule has 0 bridgehead atoms. The van der Waals surface area contributed by atoms with Gasteiger partial charge in [0, 0.05) is 11.8 Å². The van der Waals surface area contributed by atoms with Crippen LogP contribution in [0.5, 0.6) is 11.5 Å². The molecule has 5 heteroatoms. The van der Waals surface area contributed by atoms with Crippen LogP contribution >= 0.6 is 0 Å². The van der Waals surface area contributed by atoms with Gasteiger partial charge in [0.25, 0.3) is 0 Å². The molecule has 2 aromatic heterocycles. The number of hydrogen-bond acceptors (Lipinski definition) is 4. The summed E-state index contributed by atoms with van der Waals surface area (Å²) in [4.78, 5) is 9.06. The van der Waals surface area contributed by atoms with Crippen molar-refractivity contribution >= 4 is 28.1 Å². The molecule has 0 unspecified atom stereocenters. The molecule has 5 aromatic rings. The molecule has 0 spiro atoms. The van der Waals surface area contributed by atoms with Crippen molar-refractivity contribution in [3.63, 3.8) is 0 Å². The van der Waals surface area contributed by atoms with Gasteiger partial charge in [-0.25, -0.2) is 9.97 Å². The number of ether oxygens (including phenoxy) is 1. The Morgan fingerprint density at radius 3 is 2.52 bits per heavy atom. The SMILES string of the molecule is c1ccc(Oc2cccc(Nc3nc4ccccc4n4cncc34)c2)cc1. The summed E-state index contributed by atoms with van der Waals surface area (Å²) < 4.78 is 7.96. The van der Waals surface area contributed by atoms with Crippen LogP contribution in [0, 0.1) is 0 Å². The quantitative estimate of drug-likeness (QED) is 0.469. The summed E-state index contributed by atoms with van der Waals surface area (Å²) in [6, 6.07) is 25.6. The number of rotatable bonds is 4. The summed E-state index contributed by atoms with van der Waals surface area (Å²) in [6.07, 6.45) is 3.62. The number of imidazole rings is 1. The summed E-state index contributed by atoms with van der Waals surface area (Å²) in [5.74, 6) is 2.32. The normalized spacial score (nSPS) is 11.0. The van der Waals surface area contributed by atoms with E-state index in [1.165, 1.54) is 0 Å². The number of nitrogens with one attached hydrogen (secondary N) is 1. The van der Waals surface area contributed by atoms with E-state index in [0.717, 1.165) is 39.6 Å². The maximum absolute atomic E-state index is 5.92. The minimum absolute atomic E-state index is 0.753. The van der Waals surface area contributed by atoms with Gasteiger partial charge in [0.05, 0.1) is 23.6 Å². The van der Waals surface area contributed by atoms with Crippen LogP contribution in [0.2, 0.25) is 0 Å². The van der Waals surface area contributed by atoms with Crippen LogP contribution in [0.4, 0.5) is 11.5 Å². The van der Waals surface area contributed by atoms with Crippen LogP contribution in [0.3, 0.4) is 0 Å². The zero-order chi connectivity index (χ0) is 18.1. The Morgan fingerprint density at radius 1 is 0.778 bits per heavy atom. The zero-order valence-corrected chi connectivity index (χ0v) is 14.4. The molecule has 0 amide bonds. The number of benzene rings is 3. The third-order valence-electron chi connectivity index (χ3n) is 4.33. The lowest BCUT2D eigenvalue weighted by Gasteiger charge is -2.11. The Labute approximate surface area is 155 Å². The minimum atomic E-state index is 0.753. The third kappa shape index (κ3) is 2.95. The van der Waals surface area contributed by atoms with Gasteiger partial charge in [-0.15, -0.1) is 0 Å². The zero-order valence-electron chi connectivity index (χ0n) is 14.4. The molecule has 2 heterocycles. The lowest BCUT2D eigenvalue weighted by molar-refractivity contribution is 0.483. The molecule has 0 aliphatic heterocycles. The molecule has 1 N–H and O–H groups in total. The maximum Gasteiger partial charge on any atom is 0.157 e. The summed E-state index contributed by atoms with van der Waals surface area (Å²) >= 11 is 0. The van der Waals surface area contributed by atoms with Gasteiger partial charge in [-0.3, -0.25) is 4.40 Å². The minimum Gasteiger partial charge on any atom is -0.457 e. The van der Waals surface area contributed by atoms with Gasteiger partial charge >= 0.3 is 0 Å². The highest BCUT2D eigenvalue weighted by Gasteiger charge is 2.09. The van der Waals surface area contributed by atoms with Gasteiger partial charge in [0.1, 0.15) is 17.0 Å². The molecule has 0 radical (unpaired) electrons. The number of aromatic nitrogens is 3. The monoisotopic (exact) mass is 352 g/mol. The van der Waals surface area contributed by atoms with Crippen molar-refractivity contribution in [2.45, 2.75) is 0 Å². The highest BCUT2D eigenvalue weighted by Crippen LogP contribution is 2.28. The molecule has 0 atom stereocenters. The van der Waals surface area contributed by atoms with Crippen molar-refractivity contribution in [2.24, 2.45) is 0 Å². The first-order valence-electron chi connectivity index (χ1n) is 8.68. The summed E-state index contributed by atoms with van der Waals surface area (Å²) in [5, 5.41) is 3.40. The highest BCUT2D eigenvalue weighted by molar-refractivity contribution is 5.85. The van der Waals surface area contributed by atoms with Gasteiger partial charge in [0.15, 0.2) is 5.82 Å². The number of para-hydroxylation sites is 3. The molecule has 3 aromatic carbocycles. The van der Waals surface area contributed by atoms with Crippen LogP contribution in [0.25, 0.3) is 16.6 Å². The average Bonchev–Trinajstić information content (AvgIpc) is 3.20. The van der Waals surface area contributed by atoms with Crippen molar-refractivity contribution in [2.75, 3.05) is 5.32 Å². The molecule has 5 rings (SSSR count). The fourth-order valence-electron chi connectivity index (χ4n) is 3.09. The van der Waals surface area contributed by atoms with Crippen LogP contribution in [0.15, 0.2) is 91.4 Å². The van der Waals surface area contributed by atoms with E-state index in [9.17, 15) is 0 Å². The molecular formula is C22H16N4O. The number of nitrogens with zero attached hydrogens (tertiary/aromatic N) is 3. The lowest BCUT2D eigenvalue weighted by Crippen LogP contribution is -1.99. The fraction of sp³-hybridized carbons (Fsp3) is 0. The second-order valence-corrected chi connectivity index (χ2v) is 6.17. The van der Waals surface area contributed by atoms with E-state index in [1.54, 1.807) is 6.33 Å². The van der Waals surface area contributed by atoms with E-state index >= 15 is 0 Å². The topological polar surface area (TPSA) is 51.5 Å². The number of fused-ring (bicyclic) bond motifs is 3. The predicted octanol–water partition coefficient (Wildman–Crippen LogP) is 5.42. The summed E-state index contributed by atoms with van der Waals surface area (Å²) in [6.45, 7) is 0. The lowest BCUT2D eigenvalue weighted by atomic mass is 10.2. The van der Waals surface area contributed by atoms with E-state index < -0.39 is 0 Å². The first-order valence-corrected chi connectivity index (χ1v) is 8.68. The number of hydrogen-bond donors (Lipinski definition) is 1. The molecule has 0 saturated carbocycles. The summed E-state index contributed by atoms with van der Waals surface area (Å²) in [7, 11) is 0. The third-order valence-corrected chi connectivity index (χ3v) is 4.33. The predicted molar refractivity (Wildman–Crippen MR) is 107 cm³/mol. The van der Waals surface area contributed by atoms with E-state index in [-0.39, 0.29) is 0 Å². The van der Waals surface area contributed by atoms with Crippen molar-refractivity contribution < 1.29 is 4.74 Å². The largest absolute Gasteiger partial charge is 0.457 e. The average molecular weight is 352 g/mol. The standard InChI is InChI=1S/C22H16N4O/c1-2-8-17(9-3-1)27-18-10-6-7-16(13-18)24-22-21-14-23-15-26(21)20-12-5-4-11-19(20)25-22/h1-15H,(H,24,25). The van der Waals surface area contributed by atoms with E-state index in [4.69, 9.17) is 9.72 Å². The summed E-state index contributed by atoms with van der Waals surface area (Å²) in [5.41, 5.74) is 3.75. The van der Waals surface area contributed by atoms with Crippen LogP contribution in [0.1, 0.15) is 0 Å². The molecule has 130 valence electrons. The van der Waals surface area contributed by atoms with E-state index in [2.05, 4.69) is 10.3 Å². The molecule has 0 fully saturated rings. The molecule has 27 heavy (non-hydrogen) atoms. The number of anilines is 2. The Bertz CT molecular complexity index is 1230. The van der Waals surface area contributed by atoms with Crippen LogP contribution < -0.4 is 10.1 Å². The van der Waals surface area contributed by atoms with Gasteiger partial charge in [-0.05, 0) is 36.4 Å². The van der Waals surface area contributed by atoms with Crippen molar-refractivity contribution in [3.05, 3.63) is 91.4 Å². The van der Waals surface area contributed by atoms with Crippen molar-refractivity contribution in [1.82, 2.24) is 14.4 Å². The Hall–Kier alpha value is -3.86. The van der Waals surface area contributed by atoms with Crippen LogP contribution in [-0.2, 0) is 0 Å². The van der Waals surface area contributed by atoms with Gasteiger partial charge in [-0.2, -0.15) is 0 Å². The van der Waals surface area contributed by atoms with Crippen molar-refractivity contribution in [3.8, 4) is 11.5 Å². The fourth-order valence-corrected chi connectivity index (χ4v) is 3.09. The van der Waals surface area contributed by atoms with Crippen LogP contribution in [-0.4, -0.2) is 14.4 Å². The van der Waals surface area contributed by atoms with E-state index in [1.807, 2.05) is 89.5 Å². The Kier molecular flexibility index (Phi) is 3.68. The van der Waals surface area contributed by atoms with Gasteiger partial charge < -0.3 is 10.1 Å². The molecule has 0 aliphatic carbocycles. The second-order valence-electron chi connectivity index (χ2n) is 6.17. The molecular weight excluding hydrogens is 336 g/mol. The molecule has 5 nitrogen and oxygen atoms in total. The Balaban J connectivity index is 1.51. The first-order chi connectivity index (χ1) is 13.4. The second kappa shape index (κ2) is 6.46. The van der Waals surface area contributed by atoms with Gasteiger partial charge in [0.2, 0.25) is 0 Å². The van der Waals surface area contributed by atoms with Crippen molar-refractivity contribution in [1.29, 1.82) is 0 Å². The smallest absolute Gasteiger partial charge is 0.157 e. The first kappa shape index (κ1) is 15.4. The van der Waals surface area contributed by atoms with Gasteiger partial charge in [-0.1, -0.05) is 36.4 Å². The molecule has 0 saturated heterocycles.